The third-order valence-corrected chi connectivity index (χ3v) is 4.01. The molecule has 1 aromatic rings. The number of benzene rings is 1. The van der Waals surface area contributed by atoms with Crippen molar-refractivity contribution < 1.29 is 14.5 Å². The number of nitrogens with zero attached hydrogens (tertiary/aromatic N) is 1. The summed E-state index contributed by atoms with van der Waals surface area (Å²) in [6.45, 7) is 5.49. The Balaban J connectivity index is 2.76. The van der Waals surface area contributed by atoms with E-state index in [1.807, 2.05) is 6.92 Å². The third kappa shape index (κ3) is 5.02. The lowest BCUT2D eigenvalue weighted by Gasteiger charge is -2.25. The van der Waals surface area contributed by atoms with Gasteiger partial charge in [-0.1, -0.05) is 19.1 Å². The molecule has 2 atom stereocenters. The molecule has 0 radical (unpaired) electrons. The van der Waals surface area contributed by atoms with Gasteiger partial charge in [-0.2, -0.15) is 0 Å². The molecule has 2 unspecified atom stereocenters. The highest BCUT2D eigenvalue weighted by atomic mass is 32.2. The van der Waals surface area contributed by atoms with Crippen molar-refractivity contribution in [2.45, 2.75) is 42.9 Å². The lowest BCUT2D eigenvalue weighted by molar-refractivity contribution is -0.387. The van der Waals surface area contributed by atoms with E-state index in [4.69, 9.17) is 10.5 Å². The number of para-hydroxylation sites is 1. The second-order valence-electron chi connectivity index (χ2n) is 5.00. The molecule has 1 rings (SSSR count). The van der Waals surface area contributed by atoms with Crippen molar-refractivity contribution in [3.05, 3.63) is 34.4 Å². The monoisotopic (exact) mass is 312 g/mol. The van der Waals surface area contributed by atoms with Crippen molar-refractivity contribution in [3.8, 4) is 0 Å². The minimum atomic E-state index is -1.11. The Kier molecular flexibility index (Phi) is 6.17. The second-order valence-corrected chi connectivity index (χ2v) is 6.48. The second kappa shape index (κ2) is 7.42. The fraction of sp³-hybridized carbons (Fsp3) is 0.500. The van der Waals surface area contributed by atoms with Crippen LogP contribution in [0.5, 0.6) is 0 Å². The fourth-order valence-electron chi connectivity index (χ4n) is 1.94. The molecule has 0 bridgehead atoms. The predicted molar refractivity (Wildman–Crippen MR) is 82.3 cm³/mol. The van der Waals surface area contributed by atoms with Crippen molar-refractivity contribution in [3.63, 3.8) is 0 Å². The van der Waals surface area contributed by atoms with Crippen LogP contribution in [0.4, 0.5) is 5.69 Å². The molecule has 1 aromatic carbocycles. The number of thioether (sulfide) groups is 1. The average molecular weight is 312 g/mol. The Morgan fingerprint density at radius 2 is 2.14 bits per heavy atom. The van der Waals surface area contributed by atoms with E-state index >= 15 is 0 Å². The molecule has 21 heavy (non-hydrogen) atoms. The Bertz CT molecular complexity index is 519. The summed E-state index contributed by atoms with van der Waals surface area (Å²) in [6.07, 6.45) is 0.364. The minimum Gasteiger partial charge on any atom is -0.465 e. The topological polar surface area (TPSA) is 95.5 Å². The van der Waals surface area contributed by atoms with Crippen molar-refractivity contribution in [1.29, 1.82) is 0 Å². The van der Waals surface area contributed by atoms with Gasteiger partial charge in [0.05, 0.1) is 16.4 Å². The number of carbonyl (C=O) groups is 1. The number of hydrogen-bond donors (Lipinski definition) is 1. The normalized spacial score (nSPS) is 15.0. The largest absolute Gasteiger partial charge is 0.465 e. The van der Waals surface area contributed by atoms with Gasteiger partial charge in [0.2, 0.25) is 0 Å². The summed E-state index contributed by atoms with van der Waals surface area (Å²) in [7, 11) is 0. The van der Waals surface area contributed by atoms with Crippen LogP contribution in [0.1, 0.15) is 27.2 Å². The molecule has 0 spiro atoms. The Labute approximate surface area is 128 Å². The van der Waals surface area contributed by atoms with Gasteiger partial charge in [-0.15, -0.1) is 11.8 Å². The number of carbonyl (C=O) groups excluding carboxylic acids is 1. The van der Waals surface area contributed by atoms with E-state index in [9.17, 15) is 14.9 Å². The van der Waals surface area contributed by atoms with Crippen LogP contribution in [-0.2, 0) is 9.53 Å². The number of rotatable bonds is 7. The molecule has 7 heteroatoms. The van der Waals surface area contributed by atoms with Crippen molar-refractivity contribution in [2.24, 2.45) is 5.73 Å². The van der Waals surface area contributed by atoms with E-state index in [0.29, 0.717) is 11.3 Å². The van der Waals surface area contributed by atoms with Gasteiger partial charge in [-0.3, -0.25) is 14.9 Å². The lowest BCUT2D eigenvalue weighted by Crippen LogP contribution is -2.47. The maximum Gasteiger partial charge on any atom is 0.325 e. The van der Waals surface area contributed by atoms with Crippen LogP contribution in [0.15, 0.2) is 29.2 Å². The standard InChI is InChI=1S/C14H20N2O4S/c1-4-20-13(17)14(3,15)9-10(2)21-12-8-6-5-7-11(12)16(18)19/h5-8,10H,4,9,15H2,1-3H3. The number of nitro groups is 1. The zero-order valence-corrected chi connectivity index (χ0v) is 13.2. The van der Waals surface area contributed by atoms with Crippen LogP contribution in [-0.4, -0.2) is 28.3 Å². The van der Waals surface area contributed by atoms with Gasteiger partial charge in [0.15, 0.2) is 0 Å². The van der Waals surface area contributed by atoms with Crippen LogP contribution >= 0.6 is 11.8 Å². The van der Waals surface area contributed by atoms with Crippen LogP contribution in [0.3, 0.4) is 0 Å². The summed E-state index contributed by atoms with van der Waals surface area (Å²) in [5.41, 5.74) is 4.93. The van der Waals surface area contributed by atoms with Crippen molar-refractivity contribution in [1.82, 2.24) is 0 Å². The number of ether oxygens (including phenoxy) is 1. The predicted octanol–water partition coefficient (Wildman–Crippen LogP) is 2.75. The van der Waals surface area contributed by atoms with Gasteiger partial charge >= 0.3 is 5.97 Å². The van der Waals surface area contributed by atoms with E-state index in [0.717, 1.165) is 0 Å². The maximum absolute atomic E-state index is 11.8. The molecule has 2 N–H and O–H groups in total. The summed E-state index contributed by atoms with van der Waals surface area (Å²) in [5.74, 6) is -0.458. The summed E-state index contributed by atoms with van der Waals surface area (Å²) in [6, 6.07) is 6.52. The van der Waals surface area contributed by atoms with E-state index in [1.54, 1.807) is 32.0 Å². The Morgan fingerprint density at radius 3 is 2.71 bits per heavy atom. The molecular weight excluding hydrogens is 292 g/mol. The smallest absolute Gasteiger partial charge is 0.325 e. The lowest BCUT2D eigenvalue weighted by atomic mass is 9.98. The molecule has 0 aliphatic heterocycles. The first-order chi connectivity index (χ1) is 9.77. The molecule has 0 aliphatic rings. The highest BCUT2D eigenvalue weighted by Crippen LogP contribution is 2.34. The molecule has 0 saturated heterocycles. The third-order valence-electron chi connectivity index (χ3n) is 2.84. The van der Waals surface area contributed by atoms with Gasteiger partial charge < -0.3 is 10.5 Å². The average Bonchev–Trinajstić information content (AvgIpc) is 2.38. The maximum atomic E-state index is 11.8. The molecule has 116 valence electrons. The summed E-state index contributed by atoms with van der Waals surface area (Å²) in [5, 5.41) is 10.9. The summed E-state index contributed by atoms with van der Waals surface area (Å²) >= 11 is 1.33. The molecule has 0 fully saturated rings. The first kappa shape index (κ1) is 17.5. The number of nitro benzene ring substituents is 1. The highest BCUT2D eigenvalue weighted by Gasteiger charge is 2.32. The minimum absolute atomic E-state index is 0.0595. The molecule has 0 heterocycles. The molecule has 0 amide bonds. The van der Waals surface area contributed by atoms with Crippen LogP contribution in [0.25, 0.3) is 0 Å². The van der Waals surface area contributed by atoms with Gasteiger partial charge in [0.1, 0.15) is 5.54 Å². The zero-order valence-electron chi connectivity index (χ0n) is 12.4. The van der Waals surface area contributed by atoms with Crippen molar-refractivity contribution in [2.75, 3.05) is 6.61 Å². The van der Waals surface area contributed by atoms with Gasteiger partial charge in [0.25, 0.3) is 5.69 Å². The first-order valence-electron chi connectivity index (χ1n) is 6.64. The van der Waals surface area contributed by atoms with Gasteiger partial charge in [-0.05, 0) is 26.3 Å². The highest BCUT2D eigenvalue weighted by molar-refractivity contribution is 8.00. The quantitative estimate of drug-likeness (QED) is 0.360. The van der Waals surface area contributed by atoms with E-state index in [1.165, 1.54) is 17.8 Å². The number of hydrogen-bond acceptors (Lipinski definition) is 6. The zero-order chi connectivity index (χ0) is 16.0. The SMILES string of the molecule is CCOC(=O)C(C)(N)CC(C)Sc1ccccc1[N+](=O)[O-]. The van der Waals surface area contributed by atoms with Gasteiger partial charge in [-0.25, -0.2) is 0 Å². The van der Waals surface area contributed by atoms with Crippen LogP contribution in [0, 0.1) is 10.1 Å². The summed E-state index contributed by atoms with van der Waals surface area (Å²) in [4.78, 5) is 22.9. The van der Waals surface area contributed by atoms with Crippen LogP contribution < -0.4 is 5.73 Å². The van der Waals surface area contributed by atoms with E-state index < -0.39 is 16.4 Å². The van der Waals surface area contributed by atoms with Crippen molar-refractivity contribution >= 4 is 23.4 Å². The molecular formula is C14H20N2O4S. The molecule has 6 nitrogen and oxygen atoms in total. The van der Waals surface area contributed by atoms with Crippen LogP contribution in [0.2, 0.25) is 0 Å². The van der Waals surface area contributed by atoms with E-state index in [2.05, 4.69) is 0 Å². The number of esters is 1. The fourth-order valence-corrected chi connectivity index (χ4v) is 3.23. The number of nitrogens with two attached hydrogens (primary N) is 1. The molecule has 0 saturated carbocycles. The molecule has 0 aliphatic carbocycles. The Hall–Kier alpha value is -1.60. The Morgan fingerprint density at radius 1 is 1.52 bits per heavy atom. The molecule has 0 aromatic heterocycles. The summed E-state index contributed by atoms with van der Waals surface area (Å²) < 4.78 is 4.94. The van der Waals surface area contributed by atoms with Gasteiger partial charge in [0, 0.05) is 11.3 Å². The first-order valence-corrected chi connectivity index (χ1v) is 7.52. The van der Waals surface area contributed by atoms with E-state index in [-0.39, 0.29) is 17.5 Å².